The summed E-state index contributed by atoms with van der Waals surface area (Å²) in [5, 5.41) is 9.25. The molecule has 1 aromatic heterocycles. The molecule has 1 aromatic carbocycles. The molecule has 0 spiro atoms. The molecule has 0 saturated carbocycles. The Morgan fingerprint density at radius 1 is 1.31 bits per heavy atom. The number of benzene rings is 1. The summed E-state index contributed by atoms with van der Waals surface area (Å²) >= 11 is 12.0. The van der Waals surface area contributed by atoms with Crippen LogP contribution in [-0.4, -0.2) is 42.9 Å². The number of hydrogen-bond acceptors (Lipinski definition) is 5. The van der Waals surface area contributed by atoms with Gasteiger partial charge in [-0.25, -0.2) is 8.42 Å². The minimum Gasteiger partial charge on any atom is -0.396 e. The second-order valence-corrected chi connectivity index (χ2v) is 10.5. The molecule has 0 unspecified atom stereocenters. The highest BCUT2D eigenvalue weighted by atomic mass is 35.5. The maximum Gasteiger partial charge on any atom is 0.241 e. The standard InChI is InChI=1S/C21H25Cl2N5O3S/c1-14-4-8-28(9-5-14)21(29)19(6-10-27-7-2-3-15(27)13-24)26-32(30,31)16-11-17(22)20(25)18(23)12-16/h2-3,7,11-12,14,19,26H,4-6,8-10,25H2,1H3/t19-/m1/s1. The number of rotatable bonds is 7. The number of amides is 1. The highest BCUT2D eigenvalue weighted by Gasteiger charge is 2.31. The average molecular weight is 498 g/mol. The van der Waals surface area contributed by atoms with E-state index in [-0.39, 0.29) is 33.0 Å². The Labute approximate surface area is 197 Å². The monoisotopic (exact) mass is 497 g/mol. The Morgan fingerprint density at radius 3 is 2.53 bits per heavy atom. The third kappa shape index (κ3) is 5.56. The molecular formula is C21H25Cl2N5O3S. The Hall–Kier alpha value is -2.25. The van der Waals surface area contributed by atoms with E-state index < -0.39 is 16.1 Å². The van der Waals surface area contributed by atoms with Crippen molar-refractivity contribution in [2.45, 2.75) is 43.7 Å². The van der Waals surface area contributed by atoms with E-state index in [1.807, 2.05) is 0 Å². The van der Waals surface area contributed by atoms with Gasteiger partial charge in [-0.1, -0.05) is 30.1 Å². The van der Waals surface area contributed by atoms with E-state index in [9.17, 15) is 18.5 Å². The molecule has 1 aliphatic rings. The molecule has 32 heavy (non-hydrogen) atoms. The molecule has 11 heteroatoms. The molecule has 1 aliphatic heterocycles. The summed E-state index contributed by atoms with van der Waals surface area (Å²) in [5.41, 5.74) is 6.23. The summed E-state index contributed by atoms with van der Waals surface area (Å²) < 4.78 is 30.4. The first-order valence-corrected chi connectivity index (χ1v) is 12.5. The fourth-order valence-corrected chi connectivity index (χ4v) is 5.52. The van der Waals surface area contributed by atoms with Gasteiger partial charge in [0.2, 0.25) is 15.9 Å². The third-order valence-electron chi connectivity index (χ3n) is 5.66. The largest absolute Gasteiger partial charge is 0.396 e. The normalized spacial score (nSPS) is 16.0. The van der Waals surface area contributed by atoms with Crippen LogP contribution < -0.4 is 10.5 Å². The number of nitrogen functional groups attached to an aromatic ring is 1. The van der Waals surface area contributed by atoms with Gasteiger partial charge in [0.05, 0.1) is 20.6 Å². The highest BCUT2D eigenvalue weighted by molar-refractivity contribution is 7.89. The molecule has 3 rings (SSSR count). The molecule has 3 N–H and O–H groups in total. The molecule has 1 amide bonds. The number of halogens is 2. The number of aromatic nitrogens is 1. The van der Waals surface area contributed by atoms with Gasteiger partial charge < -0.3 is 15.2 Å². The van der Waals surface area contributed by atoms with E-state index in [1.54, 1.807) is 27.8 Å². The third-order valence-corrected chi connectivity index (χ3v) is 7.73. The Kier molecular flexibility index (Phi) is 7.72. The smallest absolute Gasteiger partial charge is 0.241 e. The van der Waals surface area contributed by atoms with Gasteiger partial charge in [-0.3, -0.25) is 4.79 Å². The van der Waals surface area contributed by atoms with Crippen molar-refractivity contribution in [3.05, 3.63) is 46.2 Å². The fourth-order valence-electron chi connectivity index (χ4n) is 3.63. The molecule has 1 fully saturated rings. The maximum atomic E-state index is 13.3. The van der Waals surface area contributed by atoms with Gasteiger partial charge in [-0.15, -0.1) is 0 Å². The van der Waals surface area contributed by atoms with Gasteiger partial charge in [0, 0.05) is 25.8 Å². The van der Waals surface area contributed by atoms with Crippen molar-refractivity contribution in [3.8, 4) is 6.07 Å². The highest BCUT2D eigenvalue weighted by Crippen LogP contribution is 2.31. The zero-order valence-electron chi connectivity index (χ0n) is 17.6. The number of nitrogens with two attached hydrogens (primary N) is 1. The van der Waals surface area contributed by atoms with Crippen molar-refractivity contribution in [3.63, 3.8) is 0 Å². The molecule has 0 aliphatic carbocycles. The first-order chi connectivity index (χ1) is 15.1. The Bertz CT molecular complexity index is 1110. The number of nitrogens with one attached hydrogen (secondary N) is 1. The van der Waals surface area contributed by atoms with Crippen LogP contribution in [0.3, 0.4) is 0 Å². The lowest BCUT2D eigenvalue weighted by molar-refractivity contribution is -0.134. The lowest BCUT2D eigenvalue weighted by Crippen LogP contribution is -2.50. The van der Waals surface area contributed by atoms with Crippen LogP contribution in [0.15, 0.2) is 35.4 Å². The number of piperidine rings is 1. The van der Waals surface area contributed by atoms with Crippen LogP contribution >= 0.6 is 23.2 Å². The van der Waals surface area contributed by atoms with Crippen molar-refractivity contribution < 1.29 is 13.2 Å². The lowest BCUT2D eigenvalue weighted by Gasteiger charge is -2.33. The second kappa shape index (κ2) is 10.1. The van der Waals surface area contributed by atoms with E-state index in [2.05, 4.69) is 17.7 Å². The topological polar surface area (TPSA) is 121 Å². The summed E-state index contributed by atoms with van der Waals surface area (Å²) in [6.07, 6.45) is 3.62. The summed E-state index contributed by atoms with van der Waals surface area (Å²) in [5.74, 6) is 0.227. The summed E-state index contributed by atoms with van der Waals surface area (Å²) in [6.45, 7) is 3.57. The van der Waals surface area contributed by atoms with Gasteiger partial charge in [-0.05, 0) is 49.4 Å². The first kappa shape index (κ1) is 24.4. The molecule has 0 bridgehead atoms. The lowest BCUT2D eigenvalue weighted by atomic mass is 9.98. The van der Waals surface area contributed by atoms with Crippen molar-refractivity contribution in [1.29, 1.82) is 5.26 Å². The van der Waals surface area contributed by atoms with Crippen LogP contribution in [0.1, 0.15) is 31.9 Å². The molecule has 1 saturated heterocycles. The van der Waals surface area contributed by atoms with Crippen molar-refractivity contribution >= 4 is 44.8 Å². The van der Waals surface area contributed by atoms with E-state index >= 15 is 0 Å². The first-order valence-electron chi connectivity index (χ1n) is 10.2. The van der Waals surface area contributed by atoms with Crippen molar-refractivity contribution in [2.75, 3.05) is 18.8 Å². The SMILES string of the molecule is CC1CCN(C(=O)[C@@H](CCn2cccc2C#N)NS(=O)(=O)c2cc(Cl)c(N)c(Cl)c2)CC1. The zero-order valence-corrected chi connectivity index (χ0v) is 19.9. The van der Waals surface area contributed by atoms with Crippen LogP contribution in [0.4, 0.5) is 5.69 Å². The Balaban J connectivity index is 1.85. The quantitative estimate of drug-likeness (QED) is 0.568. The number of aryl methyl sites for hydroxylation is 1. The molecule has 172 valence electrons. The van der Waals surface area contributed by atoms with Crippen LogP contribution in [0.5, 0.6) is 0 Å². The van der Waals surface area contributed by atoms with Gasteiger partial charge in [0.1, 0.15) is 17.8 Å². The Morgan fingerprint density at radius 2 is 1.94 bits per heavy atom. The average Bonchev–Trinajstić information content (AvgIpc) is 3.22. The van der Waals surface area contributed by atoms with Crippen LogP contribution in [0.25, 0.3) is 0 Å². The molecular weight excluding hydrogens is 473 g/mol. The van der Waals surface area contributed by atoms with Crippen LogP contribution in [0, 0.1) is 17.2 Å². The van der Waals surface area contributed by atoms with E-state index in [0.717, 1.165) is 12.8 Å². The predicted octanol–water partition coefficient (Wildman–Crippen LogP) is 3.24. The van der Waals surface area contributed by atoms with Gasteiger partial charge in [0.25, 0.3) is 0 Å². The van der Waals surface area contributed by atoms with Gasteiger partial charge in [-0.2, -0.15) is 9.98 Å². The minimum atomic E-state index is -4.12. The number of likely N-dealkylation sites (tertiary alicyclic amines) is 1. The van der Waals surface area contributed by atoms with Crippen LogP contribution in [-0.2, 0) is 21.4 Å². The number of anilines is 1. The van der Waals surface area contributed by atoms with E-state index in [4.69, 9.17) is 28.9 Å². The zero-order chi connectivity index (χ0) is 23.5. The van der Waals surface area contributed by atoms with Gasteiger partial charge in [0.15, 0.2) is 0 Å². The fraction of sp³-hybridized carbons (Fsp3) is 0.429. The van der Waals surface area contributed by atoms with Crippen molar-refractivity contribution in [2.24, 2.45) is 5.92 Å². The number of hydrogen-bond donors (Lipinski definition) is 2. The minimum absolute atomic E-state index is 0.0109. The number of carbonyl (C=O) groups is 1. The van der Waals surface area contributed by atoms with E-state index in [1.165, 1.54) is 12.1 Å². The molecule has 8 nitrogen and oxygen atoms in total. The van der Waals surface area contributed by atoms with Crippen molar-refractivity contribution in [1.82, 2.24) is 14.2 Å². The second-order valence-electron chi connectivity index (χ2n) is 7.97. The number of nitrogens with zero attached hydrogens (tertiary/aromatic N) is 3. The number of nitriles is 1. The molecule has 2 aromatic rings. The number of carbonyl (C=O) groups excluding carboxylic acids is 1. The van der Waals surface area contributed by atoms with Gasteiger partial charge >= 0.3 is 0 Å². The summed E-state index contributed by atoms with van der Waals surface area (Å²) in [4.78, 5) is 14.8. The summed E-state index contributed by atoms with van der Waals surface area (Å²) in [7, 11) is -4.12. The molecule has 2 heterocycles. The molecule has 1 atom stereocenters. The number of sulfonamides is 1. The predicted molar refractivity (Wildman–Crippen MR) is 124 cm³/mol. The molecule has 0 radical (unpaired) electrons. The maximum absolute atomic E-state index is 13.3. The van der Waals surface area contributed by atoms with Crippen LogP contribution in [0.2, 0.25) is 10.0 Å². The summed E-state index contributed by atoms with van der Waals surface area (Å²) in [6, 6.07) is 6.85. The van der Waals surface area contributed by atoms with E-state index in [0.29, 0.717) is 31.2 Å².